The summed E-state index contributed by atoms with van der Waals surface area (Å²) in [5, 5.41) is 4.93. The van der Waals surface area contributed by atoms with Crippen LogP contribution in [-0.4, -0.2) is 17.7 Å². The van der Waals surface area contributed by atoms with E-state index in [2.05, 4.69) is 28.1 Å². The maximum atomic E-state index is 5.72. The molecule has 0 aliphatic carbocycles. The van der Waals surface area contributed by atoms with Crippen molar-refractivity contribution in [1.29, 1.82) is 0 Å². The first-order valence-corrected chi connectivity index (χ1v) is 6.85. The van der Waals surface area contributed by atoms with E-state index in [9.17, 15) is 0 Å². The van der Waals surface area contributed by atoms with Crippen molar-refractivity contribution in [3.63, 3.8) is 0 Å². The second-order valence-electron chi connectivity index (χ2n) is 5.22. The van der Waals surface area contributed by atoms with Crippen LogP contribution in [0.5, 0.6) is 0 Å². The Morgan fingerprint density at radius 1 is 1.28 bits per heavy atom. The minimum absolute atomic E-state index is 0.758. The van der Waals surface area contributed by atoms with E-state index >= 15 is 0 Å². The van der Waals surface area contributed by atoms with Gasteiger partial charge < -0.3 is 14.6 Å². The Morgan fingerprint density at radius 3 is 3.28 bits per heavy atom. The van der Waals surface area contributed by atoms with E-state index in [1.807, 2.05) is 0 Å². The Kier molecular flexibility index (Phi) is 2.42. The summed E-state index contributed by atoms with van der Waals surface area (Å²) in [6.45, 7) is 4.86. The lowest BCUT2D eigenvalue weighted by molar-refractivity contribution is 0.113. The topological polar surface area (TPSA) is 26.2 Å². The molecule has 2 aliphatic heterocycles. The van der Waals surface area contributed by atoms with Crippen molar-refractivity contribution in [2.45, 2.75) is 32.5 Å². The maximum Gasteiger partial charge on any atom is 0.0737 e. The van der Waals surface area contributed by atoms with Gasteiger partial charge in [0, 0.05) is 49.3 Å². The zero-order chi connectivity index (χ0) is 11.9. The highest BCUT2D eigenvalue weighted by molar-refractivity contribution is 5.88. The number of aryl methyl sites for hydroxylation is 1. The van der Waals surface area contributed by atoms with Crippen LogP contribution in [0.4, 0.5) is 0 Å². The molecule has 0 saturated heterocycles. The molecule has 0 atom stereocenters. The van der Waals surface area contributed by atoms with Crippen molar-refractivity contribution < 1.29 is 4.74 Å². The lowest BCUT2D eigenvalue weighted by Crippen LogP contribution is -2.25. The summed E-state index contributed by atoms with van der Waals surface area (Å²) < 4.78 is 8.28. The Labute approximate surface area is 107 Å². The van der Waals surface area contributed by atoms with E-state index in [0.29, 0.717) is 0 Å². The summed E-state index contributed by atoms with van der Waals surface area (Å²) in [5.74, 6) is 0. The Bertz CT molecular complexity index is 600. The van der Waals surface area contributed by atoms with Crippen LogP contribution in [0.25, 0.3) is 10.9 Å². The van der Waals surface area contributed by atoms with Gasteiger partial charge in [0.2, 0.25) is 0 Å². The van der Waals surface area contributed by atoms with Crippen LogP contribution < -0.4 is 5.32 Å². The second-order valence-corrected chi connectivity index (χ2v) is 5.22. The van der Waals surface area contributed by atoms with E-state index in [1.165, 1.54) is 22.0 Å². The molecule has 0 fully saturated rings. The SMILES string of the molecule is c1cc2c3c(c1)c1c(n3CCCOC2)CCNC1. The van der Waals surface area contributed by atoms with Crippen LogP contribution in [0, 0.1) is 0 Å². The van der Waals surface area contributed by atoms with Gasteiger partial charge in [-0.15, -0.1) is 0 Å². The first-order valence-electron chi connectivity index (χ1n) is 6.85. The molecule has 3 nitrogen and oxygen atoms in total. The van der Waals surface area contributed by atoms with Crippen LogP contribution in [0.15, 0.2) is 18.2 Å². The fraction of sp³-hybridized carbons (Fsp3) is 0.467. The van der Waals surface area contributed by atoms with E-state index < -0.39 is 0 Å². The van der Waals surface area contributed by atoms with Gasteiger partial charge in [-0.25, -0.2) is 0 Å². The third-order valence-corrected chi connectivity index (χ3v) is 4.16. The average Bonchev–Trinajstić information content (AvgIpc) is 2.70. The van der Waals surface area contributed by atoms with Gasteiger partial charge in [0.05, 0.1) is 12.1 Å². The predicted octanol–water partition coefficient (Wildman–Crippen LogP) is 2.21. The van der Waals surface area contributed by atoms with E-state index in [4.69, 9.17) is 4.74 Å². The number of ether oxygens (including phenoxy) is 1. The molecule has 0 bridgehead atoms. The van der Waals surface area contributed by atoms with Gasteiger partial charge in [0.15, 0.2) is 0 Å². The van der Waals surface area contributed by atoms with Crippen molar-refractivity contribution in [1.82, 2.24) is 9.88 Å². The highest BCUT2D eigenvalue weighted by atomic mass is 16.5. The van der Waals surface area contributed by atoms with Crippen LogP contribution >= 0.6 is 0 Å². The van der Waals surface area contributed by atoms with E-state index in [0.717, 1.165) is 45.7 Å². The fourth-order valence-electron chi connectivity index (χ4n) is 3.38. The molecule has 1 aromatic carbocycles. The van der Waals surface area contributed by atoms with Gasteiger partial charge in [-0.05, 0) is 12.0 Å². The van der Waals surface area contributed by atoms with Crippen molar-refractivity contribution in [3.05, 3.63) is 35.0 Å². The average molecular weight is 242 g/mol. The van der Waals surface area contributed by atoms with E-state index in [1.54, 1.807) is 5.69 Å². The number of aromatic nitrogens is 1. The first kappa shape index (κ1) is 10.6. The number of rotatable bonds is 0. The summed E-state index contributed by atoms with van der Waals surface area (Å²) in [7, 11) is 0. The molecule has 2 aromatic rings. The van der Waals surface area contributed by atoms with Gasteiger partial charge in [-0.1, -0.05) is 18.2 Å². The number of hydrogen-bond acceptors (Lipinski definition) is 2. The minimum Gasteiger partial charge on any atom is -0.377 e. The summed E-state index contributed by atoms with van der Waals surface area (Å²) >= 11 is 0. The molecule has 0 unspecified atom stereocenters. The zero-order valence-electron chi connectivity index (χ0n) is 10.5. The van der Waals surface area contributed by atoms with Gasteiger partial charge in [0.1, 0.15) is 0 Å². The summed E-state index contributed by atoms with van der Waals surface area (Å²) in [6.07, 6.45) is 2.28. The molecule has 1 aromatic heterocycles. The number of fused-ring (bicyclic) bond motifs is 3. The van der Waals surface area contributed by atoms with Gasteiger partial charge in [-0.2, -0.15) is 0 Å². The van der Waals surface area contributed by atoms with Crippen LogP contribution in [0.3, 0.4) is 0 Å². The number of para-hydroxylation sites is 1. The molecule has 3 heteroatoms. The fourth-order valence-corrected chi connectivity index (χ4v) is 3.38. The predicted molar refractivity (Wildman–Crippen MR) is 71.6 cm³/mol. The van der Waals surface area contributed by atoms with Crippen LogP contribution in [0.2, 0.25) is 0 Å². The van der Waals surface area contributed by atoms with Crippen molar-refractivity contribution in [2.75, 3.05) is 13.2 Å². The molecule has 4 rings (SSSR count). The third-order valence-electron chi connectivity index (χ3n) is 4.16. The van der Waals surface area contributed by atoms with Crippen LogP contribution in [0.1, 0.15) is 23.2 Å². The minimum atomic E-state index is 0.758. The molecule has 94 valence electrons. The molecular weight excluding hydrogens is 224 g/mol. The molecule has 18 heavy (non-hydrogen) atoms. The van der Waals surface area contributed by atoms with Crippen LogP contribution in [-0.2, 0) is 30.9 Å². The lowest BCUT2D eigenvalue weighted by atomic mass is 10.0. The lowest BCUT2D eigenvalue weighted by Gasteiger charge is -2.19. The molecule has 0 spiro atoms. The molecule has 2 aliphatic rings. The largest absolute Gasteiger partial charge is 0.377 e. The quantitative estimate of drug-likeness (QED) is 0.766. The molecule has 0 radical (unpaired) electrons. The number of hydrogen-bond donors (Lipinski definition) is 1. The monoisotopic (exact) mass is 242 g/mol. The molecule has 0 amide bonds. The molecule has 0 saturated carbocycles. The maximum absolute atomic E-state index is 5.72. The third kappa shape index (κ3) is 1.44. The first-order chi connectivity index (χ1) is 8.95. The van der Waals surface area contributed by atoms with Crippen molar-refractivity contribution >= 4 is 10.9 Å². The summed E-state index contributed by atoms with van der Waals surface area (Å²) in [5.41, 5.74) is 5.84. The second kappa shape index (κ2) is 4.11. The number of nitrogens with one attached hydrogen (secondary N) is 1. The highest BCUT2D eigenvalue weighted by Crippen LogP contribution is 2.32. The van der Waals surface area contributed by atoms with Gasteiger partial charge in [0.25, 0.3) is 0 Å². The smallest absolute Gasteiger partial charge is 0.0737 e. The standard InChI is InChI=1S/C15H18N2O/c1-3-11-10-18-8-2-7-17-14-5-6-16-9-13(14)12(4-1)15(11)17/h1,3-4,16H,2,5-10H2. The van der Waals surface area contributed by atoms with Gasteiger partial charge >= 0.3 is 0 Å². The number of nitrogens with zero attached hydrogens (tertiary/aromatic N) is 1. The Hall–Kier alpha value is -1.32. The normalized spacial score (nSPS) is 19.3. The highest BCUT2D eigenvalue weighted by Gasteiger charge is 2.21. The van der Waals surface area contributed by atoms with Gasteiger partial charge in [-0.3, -0.25) is 0 Å². The molecule has 1 N–H and O–H groups in total. The molecule has 3 heterocycles. The summed E-state index contributed by atoms with van der Waals surface area (Å²) in [4.78, 5) is 0. The Morgan fingerprint density at radius 2 is 2.28 bits per heavy atom. The van der Waals surface area contributed by atoms with Crippen molar-refractivity contribution in [2.24, 2.45) is 0 Å². The molecular formula is C15H18N2O. The summed E-state index contributed by atoms with van der Waals surface area (Å²) in [6, 6.07) is 6.65. The zero-order valence-corrected chi connectivity index (χ0v) is 10.5. The van der Waals surface area contributed by atoms with Crippen molar-refractivity contribution in [3.8, 4) is 0 Å². The Balaban J connectivity index is 2.06. The number of benzene rings is 1. The van der Waals surface area contributed by atoms with E-state index in [-0.39, 0.29) is 0 Å².